The number of anilines is 2. The molecule has 38 heavy (non-hydrogen) atoms. The van der Waals surface area contributed by atoms with Crippen LogP contribution >= 0.6 is 34.5 Å². The van der Waals surface area contributed by atoms with Gasteiger partial charge in [0.2, 0.25) is 11.8 Å². The number of hydrogen-bond acceptors (Lipinski definition) is 6. The number of carbonyl (C=O) groups excluding carboxylic acids is 3. The van der Waals surface area contributed by atoms with Crippen LogP contribution in [0.25, 0.3) is 0 Å². The molecule has 0 atom stereocenters. The molecule has 3 amide bonds. The summed E-state index contributed by atoms with van der Waals surface area (Å²) in [5.74, 6) is -0.512. The fraction of sp³-hybridized carbons (Fsp3) is 0.333. The predicted molar refractivity (Wildman–Crippen MR) is 150 cm³/mol. The summed E-state index contributed by atoms with van der Waals surface area (Å²) < 4.78 is 0. The van der Waals surface area contributed by atoms with E-state index in [9.17, 15) is 14.4 Å². The quantitative estimate of drug-likeness (QED) is 0.427. The summed E-state index contributed by atoms with van der Waals surface area (Å²) in [6.45, 7) is 2.57. The smallest absolute Gasteiger partial charge is 0.254 e. The number of nitrogens with zero attached hydrogens (tertiary/aromatic N) is 4. The second-order valence-corrected chi connectivity index (χ2v) is 11.1. The van der Waals surface area contributed by atoms with E-state index < -0.39 is 0 Å². The van der Waals surface area contributed by atoms with Gasteiger partial charge in [-0.05, 0) is 49.2 Å². The average molecular weight is 573 g/mol. The van der Waals surface area contributed by atoms with Crippen molar-refractivity contribution in [2.45, 2.75) is 25.3 Å². The lowest BCUT2D eigenvalue weighted by Crippen LogP contribution is -2.49. The van der Waals surface area contributed by atoms with Crippen molar-refractivity contribution in [1.29, 1.82) is 0 Å². The lowest BCUT2D eigenvalue weighted by atomic mass is 10.2. The topological polar surface area (TPSA) is 85.8 Å². The van der Waals surface area contributed by atoms with E-state index in [0.29, 0.717) is 52.6 Å². The number of hydrogen-bond donors (Lipinski definition) is 1. The van der Waals surface area contributed by atoms with Crippen molar-refractivity contribution in [2.75, 3.05) is 42.9 Å². The van der Waals surface area contributed by atoms with Crippen molar-refractivity contribution in [1.82, 2.24) is 14.8 Å². The first-order valence-electron chi connectivity index (χ1n) is 12.5. The normalized spacial score (nSPS) is 15.3. The molecule has 8 nitrogen and oxygen atoms in total. The molecule has 1 saturated heterocycles. The van der Waals surface area contributed by atoms with Crippen molar-refractivity contribution in [2.24, 2.45) is 0 Å². The largest absolute Gasteiger partial charge is 0.367 e. The minimum absolute atomic E-state index is 0.000421. The summed E-state index contributed by atoms with van der Waals surface area (Å²) in [6.07, 6.45) is 1.92. The van der Waals surface area contributed by atoms with Gasteiger partial charge in [-0.25, -0.2) is 4.98 Å². The Bertz CT molecular complexity index is 1320. The maximum absolute atomic E-state index is 13.0. The van der Waals surface area contributed by atoms with Crippen LogP contribution in [0.3, 0.4) is 0 Å². The number of amides is 3. The van der Waals surface area contributed by atoms with E-state index in [0.717, 1.165) is 18.5 Å². The van der Waals surface area contributed by atoms with Gasteiger partial charge in [0.25, 0.3) is 5.91 Å². The Morgan fingerprint density at radius 1 is 1.00 bits per heavy atom. The molecule has 5 rings (SSSR count). The molecule has 1 aliphatic heterocycles. The Hall–Kier alpha value is -3.14. The Kier molecular flexibility index (Phi) is 8.16. The first-order chi connectivity index (χ1) is 18.4. The number of carbonyl (C=O) groups is 3. The van der Waals surface area contributed by atoms with Gasteiger partial charge >= 0.3 is 0 Å². The molecule has 0 bridgehead atoms. The van der Waals surface area contributed by atoms with Crippen LogP contribution in [-0.4, -0.2) is 71.3 Å². The highest BCUT2D eigenvalue weighted by Crippen LogP contribution is 2.29. The molecule has 2 heterocycles. The monoisotopic (exact) mass is 571 g/mol. The minimum Gasteiger partial charge on any atom is -0.367 e. The third-order valence-electron chi connectivity index (χ3n) is 6.61. The zero-order valence-electron chi connectivity index (χ0n) is 20.6. The fourth-order valence-corrected chi connectivity index (χ4v) is 5.55. The molecule has 1 aromatic heterocycles. The second kappa shape index (κ2) is 11.7. The predicted octanol–water partition coefficient (Wildman–Crippen LogP) is 4.58. The van der Waals surface area contributed by atoms with Crippen LogP contribution in [-0.2, 0) is 16.0 Å². The van der Waals surface area contributed by atoms with Gasteiger partial charge in [-0.3, -0.25) is 14.4 Å². The Morgan fingerprint density at radius 3 is 2.39 bits per heavy atom. The first-order valence-corrected chi connectivity index (χ1v) is 14.1. The summed E-state index contributed by atoms with van der Waals surface area (Å²) in [5.41, 5.74) is 2.09. The Labute approximate surface area is 235 Å². The molecule has 1 aliphatic carbocycles. The summed E-state index contributed by atoms with van der Waals surface area (Å²) >= 11 is 13.5. The van der Waals surface area contributed by atoms with Crippen molar-refractivity contribution in [3.05, 3.63) is 75.2 Å². The van der Waals surface area contributed by atoms with Gasteiger partial charge in [0, 0.05) is 48.2 Å². The number of benzene rings is 2. The van der Waals surface area contributed by atoms with Crippen molar-refractivity contribution < 1.29 is 14.4 Å². The van der Waals surface area contributed by atoms with Crippen LogP contribution in [0.1, 0.15) is 28.9 Å². The number of para-hydroxylation sites is 1. The van der Waals surface area contributed by atoms with Crippen LogP contribution in [0.2, 0.25) is 10.0 Å². The molecular formula is C27H27Cl2N5O3S. The van der Waals surface area contributed by atoms with Crippen molar-refractivity contribution >= 4 is 63.1 Å². The number of halogens is 2. The van der Waals surface area contributed by atoms with Gasteiger partial charge in [0.15, 0.2) is 5.13 Å². The van der Waals surface area contributed by atoms with Crippen molar-refractivity contribution in [3.63, 3.8) is 0 Å². The summed E-state index contributed by atoms with van der Waals surface area (Å²) in [5, 5.41) is 6.24. The van der Waals surface area contributed by atoms with E-state index in [1.165, 1.54) is 11.3 Å². The molecule has 2 aromatic carbocycles. The van der Waals surface area contributed by atoms with E-state index >= 15 is 0 Å². The standard InChI is InChI=1S/C27H27Cl2N5O3S/c28-19-7-5-18(6-8-19)26(37)34(21-9-10-21)16-24(35)31-27-30-20(17-38-27)15-25(36)33-13-11-32(12-14-33)23-4-2-1-3-22(23)29/h1-8,17,21H,9-16H2,(H,30,31,35). The van der Waals surface area contributed by atoms with Gasteiger partial charge in [0.1, 0.15) is 6.54 Å². The van der Waals surface area contributed by atoms with Crippen LogP contribution in [0.5, 0.6) is 0 Å². The molecule has 2 fully saturated rings. The highest BCUT2D eigenvalue weighted by molar-refractivity contribution is 7.13. The summed E-state index contributed by atoms with van der Waals surface area (Å²) in [6, 6.07) is 14.4. The molecule has 0 radical (unpaired) electrons. The molecular weight excluding hydrogens is 545 g/mol. The number of piperazine rings is 1. The number of nitrogens with one attached hydrogen (secondary N) is 1. The maximum atomic E-state index is 13.0. The van der Waals surface area contributed by atoms with E-state index in [1.54, 1.807) is 34.5 Å². The molecule has 11 heteroatoms. The van der Waals surface area contributed by atoms with E-state index in [2.05, 4.69) is 15.2 Å². The van der Waals surface area contributed by atoms with Gasteiger partial charge < -0.3 is 20.0 Å². The third-order valence-corrected chi connectivity index (χ3v) is 7.99. The SMILES string of the molecule is O=C(CN(C(=O)c1ccc(Cl)cc1)C1CC1)Nc1nc(CC(=O)N2CCN(c3ccccc3Cl)CC2)cs1. The molecule has 1 saturated carbocycles. The molecule has 2 aliphatic rings. The maximum Gasteiger partial charge on any atom is 0.254 e. The zero-order valence-corrected chi connectivity index (χ0v) is 22.9. The molecule has 0 spiro atoms. The van der Waals surface area contributed by atoms with Crippen LogP contribution in [0.15, 0.2) is 53.9 Å². The molecule has 198 valence electrons. The van der Waals surface area contributed by atoms with Crippen LogP contribution in [0.4, 0.5) is 10.8 Å². The van der Waals surface area contributed by atoms with Crippen LogP contribution < -0.4 is 10.2 Å². The second-order valence-electron chi connectivity index (χ2n) is 9.36. The number of rotatable bonds is 8. The lowest BCUT2D eigenvalue weighted by molar-refractivity contribution is -0.130. The van der Waals surface area contributed by atoms with Crippen LogP contribution in [0, 0.1) is 0 Å². The summed E-state index contributed by atoms with van der Waals surface area (Å²) in [4.78, 5) is 48.6. The molecule has 3 aromatic rings. The zero-order chi connectivity index (χ0) is 26.6. The molecule has 0 unspecified atom stereocenters. The summed E-state index contributed by atoms with van der Waals surface area (Å²) in [7, 11) is 0. The Balaban J connectivity index is 1.12. The van der Waals surface area contributed by atoms with E-state index in [-0.39, 0.29) is 36.7 Å². The van der Waals surface area contributed by atoms with E-state index in [1.807, 2.05) is 29.2 Å². The Morgan fingerprint density at radius 2 is 1.71 bits per heavy atom. The fourth-order valence-electron chi connectivity index (χ4n) is 4.44. The highest BCUT2D eigenvalue weighted by atomic mass is 35.5. The van der Waals surface area contributed by atoms with Gasteiger partial charge in [0.05, 0.1) is 22.8 Å². The number of thiazole rings is 1. The number of aromatic nitrogens is 1. The van der Waals surface area contributed by atoms with Gasteiger partial charge in [-0.15, -0.1) is 11.3 Å². The van der Waals surface area contributed by atoms with Crippen molar-refractivity contribution in [3.8, 4) is 0 Å². The third kappa shape index (κ3) is 6.46. The highest BCUT2D eigenvalue weighted by Gasteiger charge is 2.34. The lowest BCUT2D eigenvalue weighted by Gasteiger charge is -2.36. The molecule has 1 N–H and O–H groups in total. The van der Waals surface area contributed by atoms with E-state index in [4.69, 9.17) is 23.2 Å². The average Bonchev–Trinajstić information content (AvgIpc) is 3.67. The first kappa shape index (κ1) is 26.5. The van der Waals surface area contributed by atoms with Gasteiger partial charge in [-0.1, -0.05) is 35.3 Å². The van der Waals surface area contributed by atoms with Gasteiger partial charge in [-0.2, -0.15) is 0 Å². The minimum atomic E-state index is -0.317.